The van der Waals surface area contributed by atoms with E-state index in [0.717, 1.165) is 0 Å². The zero-order valence-electron chi connectivity index (χ0n) is 8.15. The van der Waals surface area contributed by atoms with Crippen molar-refractivity contribution in [3.63, 3.8) is 0 Å². The number of esters is 2. The molecule has 1 heterocycles. The zero-order valence-corrected chi connectivity index (χ0v) is 10.3. The molecule has 0 aromatic heterocycles. The maximum atomic E-state index is 10.9. The van der Waals surface area contributed by atoms with Crippen LogP contribution in [0.5, 0.6) is 0 Å². The van der Waals surface area contributed by atoms with Crippen LogP contribution in [-0.4, -0.2) is 25.3 Å². The zero-order chi connectivity index (χ0) is 11.4. The van der Waals surface area contributed by atoms with E-state index in [0.29, 0.717) is 5.57 Å². The Hall–Kier alpha value is -1.05. The highest BCUT2D eigenvalue weighted by Gasteiger charge is 2.22. The predicted octanol–water partition coefficient (Wildman–Crippen LogP) is 1.28. The van der Waals surface area contributed by atoms with E-state index >= 15 is 0 Å². The fraction of sp³-hybridized carbons (Fsp3) is 0.333. The van der Waals surface area contributed by atoms with Crippen molar-refractivity contribution in [3.05, 3.63) is 21.5 Å². The summed E-state index contributed by atoms with van der Waals surface area (Å²) in [4.78, 5) is 21.9. The Bertz CT molecular complexity index is 344. The fourth-order valence-electron chi connectivity index (χ4n) is 0.844. The molecule has 0 fully saturated rings. The van der Waals surface area contributed by atoms with E-state index in [-0.39, 0.29) is 3.58 Å². The number of hydrogen-bond acceptors (Lipinski definition) is 5. The Balaban J connectivity index is 2.52. The van der Waals surface area contributed by atoms with Gasteiger partial charge in [-0.25, -0.2) is 9.59 Å². The van der Waals surface area contributed by atoms with Gasteiger partial charge in [0.2, 0.25) is 0 Å². The molecule has 0 aromatic rings. The van der Waals surface area contributed by atoms with Crippen molar-refractivity contribution >= 4 is 34.5 Å². The van der Waals surface area contributed by atoms with Crippen LogP contribution in [0, 0.1) is 0 Å². The third-order valence-electron chi connectivity index (χ3n) is 1.62. The minimum absolute atomic E-state index is 0.268. The minimum atomic E-state index is -0.757. The predicted molar refractivity (Wildman–Crippen MR) is 58.8 cm³/mol. The molecule has 0 amide bonds. The molecule has 1 atom stereocenters. The molecule has 1 aliphatic heterocycles. The summed E-state index contributed by atoms with van der Waals surface area (Å²) in [7, 11) is 1.27. The van der Waals surface area contributed by atoms with Crippen molar-refractivity contribution in [1.29, 1.82) is 0 Å². The number of rotatable bonds is 3. The van der Waals surface area contributed by atoms with Crippen LogP contribution in [0.25, 0.3) is 0 Å². The number of methoxy groups -OCH3 is 1. The monoisotopic (exact) mass is 324 g/mol. The Morgan fingerprint density at radius 2 is 2.33 bits per heavy atom. The summed E-state index contributed by atoms with van der Waals surface area (Å²) in [6, 6.07) is 0. The van der Waals surface area contributed by atoms with Gasteiger partial charge >= 0.3 is 11.9 Å². The van der Waals surface area contributed by atoms with Gasteiger partial charge in [-0.3, -0.25) is 0 Å². The summed E-state index contributed by atoms with van der Waals surface area (Å²) in [5.74, 6) is -0.915. The van der Waals surface area contributed by atoms with Crippen LogP contribution in [0.15, 0.2) is 21.5 Å². The third kappa shape index (κ3) is 3.22. The lowest BCUT2D eigenvalue weighted by molar-refractivity contribution is -0.152. The van der Waals surface area contributed by atoms with Crippen LogP contribution >= 0.6 is 22.6 Å². The second kappa shape index (κ2) is 5.15. The van der Waals surface area contributed by atoms with Gasteiger partial charge < -0.3 is 14.2 Å². The molecule has 0 spiro atoms. The molecule has 82 valence electrons. The van der Waals surface area contributed by atoms with E-state index in [1.54, 1.807) is 29.5 Å². The molecule has 1 aliphatic rings. The first-order chi connectivity index (χ1) is 7.04. The van der Waals surface area contributed by atoms with Crippen molar-refractivity contribution in [2.45, 2.75) is 13.2 Å². The van der Waals surface area contributed by atoms with E-state index < -0.39 is 18.2 Å². The molecule has 0 radical (unpaired) electrons. The van der Waals surface area contributed by atoms with Gasteiger partial charge in [0, 0.05) is 11.6 Å². The summed E-state index contributed by atoms with van der Waals surface area (Å²) in [6.07, 6.45) is 1.96. The molecule has 1 unspecified atom stereocenters. The van der Waals surface area contributed by atoms with Crippen LogP contribution in [-0.2, 0) is 23.8 Å². The summed E-state index contributed by atoms with van der Waals surface area (Å²) in [5, 5.41) is 0. The molecule has 0 N–H and O–H groups in total. The number of hydrogen-bond donors (Lipinski definition) is 0. The Labute approximate surface area is 100 Å². The number of halogens is 1. The Kier molecular flexibility index (Phi) is 4.13. The molecule has 0 aromatic carbocycles. The van der Waals surface area contributed by atoms with Gasteiger partial charge in [0.15, 0.2) is 0 Å². The summed E-state index contributed by atoms with van der Waals surface area (Å²) < 4.78 is 14.5. The summed E-state index contributed by atoms with van der Waals surface area (Å²) in [6.45, 7) is 1.63. The van der Waals surface area contributed by atoms with Gasteiger partial charge in [-0.1, -0.05) is 0 Å². The fourth-order valence-corrected chi connectivity index (χ4v) is 1.21. The average molecular weight is 324 g/mol. The summed E-state index contributed by atoms with van der Waals surface area (Å²) in [5.41, 5.74) is 0.487. The first kappa shape index (κ1) is 12.0. The van der Waals surface area contributed by atoms with Crippen molar-refractivity contribution in [2.24, 2.45) is 0 Å². The lowest BCUT2D eigenvalue weighted by atomic mass is 10.3. The van der Waals surface area contributed by atoms with Gasteiger partial charge in [-0.05, 0) is 29.5 Å². The van der Waals surface area contributed by atoms with Crippen molar-refractivity contribution < 1.29 is 23.8 Å². The second-order valence-electron chi connectivity index (χ2n) is 2.72. The molecule has 15 heavy (non-hydrogen) atoms. The molecule has 0 saturated carbocycles. The molecular weight excluding hydrogens is 315 g/mol. The van der Waals surface area contributed by atoms with Crippen molar-refractivity contribution in [3.8, 4) is 0 Å². The first-order valence-corrected chi connectivity index (χ1v) is 5.11. The van der Waals surface area contributed by atoms with Gasteiger partial charge in [0.25, 0.3) is 6.29 Å². The Morgan fingerprint density at radius 3 is 2.80 bits per heavy atom. The van der Waals surface area contributed by atoms with Gasteiger partial charge in [0.05, 0.1) is 7.11 Å². The van der Waals surface area contributed by atoms with Crippen molar-refractivity contribution in [1.82, 2.24) is 0 Å². The molecule has 5 nitrogen and oxygen atoms in total. The van der Waals surface area contributed by atoms with E-state index in [2.05, 4.69) is 4.74 Å². The largest absolute Gasteiger partial charge is 0.465 e. The van der Waals surface area contributed by atoms with Crippen LogP contribution in [0.2, 0.25) is 0 Å². The minimum Gasteiger partial charge on any atom is -0.465 e. The SMILES string of the molecule is COC(=O)/C(I)=C/OC1C=C(C)C(=O)O1. The highest BCUT2D eigenvalue weighted by atomic mass is 127. The van der Waals surface area contributed by atoms with Crippen LogP contribution < -0.4 is 0 Å². The van der Waals surface area contributed by atoms with E-state index in [1.165, 1.54) is 19.4 Å². The average Bonchev–Trinajstić information content (AvgIpc) is 2.54. The summed E-state index contributed by atoms with van der Waals surface area (Å²) >= 11 is 1.76. The maximum absolute atomic E-state index is 10.9. The number of carbonyl (C=O) groups is 2. The second-order valence-corrected chi connectivity index (χ2v) is 3.88. The highest BCUT2D eigenvalue weighted by Crippen LogP contribution is 2.16. The van der Waals surface area contributed by atoms with Crippen LogP contribution in [0.1, 0.15) is 6.92 Å². The molecule has 1 rings (SSSR count). The molecule has 0 bridgehead atoms. The first-order valence-electron chi connectivity index (χ1n) is 4.03. The van der Waals surface area contributed by atoms with Crippen LogP contribution in [0.4, 0.5) is 0 Å². The van der Waals surface area contributed by atoms with E-state index in [4.69, 9.17) is 9.47 Å². The number of ether oxygens (including phenoxy) is 3. The lowest BCUT2D eigenvalue weighted by Gasteiger charge is -2.07. The Morgan fingerprint density at radius 1 is 1.67 bits per heavy atom. The molecule has 0 aliphatic carbocycles. The third-order valence-corrected chi connectivity index (χ3v) is 2.31. The number of cyclic esters (lactones) is 1. The standard InChI is InChI=1S/C9H9IO5/c1-5-3-7(15-8(5)11)14-4-6(10)9(12)13-2/h3-4,7H,1-2H3/b6-4-. The van der Waals surface area contributed by atoms with Gasteiger partial charge in [-0.15, -0.1) is 0 Å². The number of carbonyl (C=O) groups excluding carboxylic acids is 2. The van der Waals surface area contributed by atoms with Gasteiger partial charge in [-0.2, -0.15) is 0 Å². The molecular formula is C9H9IO5. The molecule has 0 saturated heterocycles. The normalized spacial score (nSPS) is 20.7. The quantitative estimate of drug-likeness (QED) is 0.339. The smallest absolute Gasteiger partial charge is 0.347 e. The van der Waals surface area contributed by atoms with E-state index in [1.807, 2.05) is 0 Å². The lowest BCUT2D eigenvalue weighted by Crippen LogP contribution is -2.10. The van der Waals surface area contributed by atoms with Crippen molar-refractivity contribution in [2.75, 3.05) is 7.11 Å². The van der Waals surface area contributed by atoms with E-state index in [9.17, 15) is 9.59 Å². The van der Waals surface area contributed by atoms with Crippen LogP contribution in [0.3, 0.4) is 0 Å². The topological polar surface area (TPSA) is 61.8 Å². The highest BCUT2D eigenvalue weighted by molar-refractivity contribution is 14.1. The maximum Gasteiger partial charge on any atom is 0.347 e. The van der Waals surface area contributed by atoms with Gasteiger partial charge in [0.1, 0.15) is 9.84 Å². The molecule has 6 heteroatoms.